The molecule has 1 aliphatic heterocycles. The fourth-order valence-electron chi connectivity index (χ4n) is 3.14. The van der Waals surface area contributed by atoms with E-state index in [1.54, 1.807) is 32.4 Å². The van der Waals surface area contributed by atoms with Crippen molar-refractivity contribution in [2.24, 2.45) is 0 Å². The summed E-state index contributed by atoms with van der Waals surface area (Å²) in [4.78, 5) is 12.3. The maximum absolute atomic E-state index is 12.3. The molecule has 3 rings (SSSR count). The van der Waals surface area contributed by atoms with Crippen LogP contribution in [0.5, 0.6) is 17.2 Å². The van der Waals surface area contributed by atoms with Crippen LogP contribution in [-0.2, 0) is 12.8 Å². The van der Waals surface area contributed by atoms with Gasteiger partial charge in [0.25, 0.3) is 0 Å². The molecule has 0 unspecified atom stereocenters. The number of nitrogens with one attached hydrogen (secondary N) is 2. The number of hydrogen-bond donors (Lipinski definition) is 2. The lowest BCUT2D eigenvalue weighted by atomic mass is 10.0. The van der Waals surface area contributed by atoms with Gasteiger partial charge in [-0.05, 0) is 42.7 Å². The summed E-state index contributed by atoms with van der Waals surface area (Å²) >= 11 is 0. The van der Waals surface area contributed by atoms with Crippen LogP contribution in [-0.4, -0.2) is 32.9 Å². The van der Waals surface area contributed by atoms with E-state index in [9.17, 15) is 4.79 Å². The molecule has 2 amide bonds. The Labute approximate surface area is 153 Å². The molecule has 2 N–H and O–H groups in total. The standard InChI is InChI=1S/C20H24N2O4/c1-13(11-14-7-8-17-15(12-14)9-10-26-17)21-20(23)22-16-5-4-6-18(24-2)19(16)25-3/h4-8,12-13H,9-11H2,1-3H3,(H2,21,22,23)/t13-/m1/s1. The zero-order valence-electron chi connectivity index (χ0n) is 15.3. The van der Waals surface area contributed by atoms with Gasteiger partial charge in [0.05, 0.1) is 26.5 Å². The Balaban J connectivity index is 1.59. The SMILES string of the molecule is COc1cccc(NC(=O)N[C@H](C)Cc2ccc3c(c2)CCO3)c1OC. The lowest BCUT2D eigenvalue weighted by Gasteiger charge is -2.17. The third-order valence-corrected chi connectivity index (χ3v) is 4.32. The minimum atomic E-state index is -0.284. The highest BCUT2D eigenvalue weighted by atomic mass is 16.5. The Morgan fingerprint density at radius 3 is 2.85 bits per heavy atom. The molecular formula is C20H24N2O4. The summed E-state index contributed by atoms with van der Waals surface area (Å²) in [6.45, 7) is 2.73. The van der Waals surface area contributed by atoms with Crippen LogP contribution in [0.15, 0.2) is 36.4 Å². The van der Waals surface area contributed by atoms with Gasteiger partial charge in [-0.25, -0.2) is 4.79 Å². The number of benzene rings is 2. The van der Waals surface area contributed by atoms with E-state index >= 15 is 0 Å². The zero-order valence-corrected chi connectivity index (χ0v) is 15.3. The largest absolute Gasteiger partial charge is 0.493 e. The van der Waals surface area contributed by atoms with Crippen LogP contribution in [0.2, 0.25) is 0 Å². The van der Waals surface area contributed by atoms with Gasteiger partial charge in [-0.1, -0.05) is 18.2 Å². The number of fused-ring (bicyclic) bond motifs is 1. The molecular weight excluding hydrogens is 332 g/mol. The Kier molecular flexibility index (Phi) is 5.51. The van der Waals surface area contributed by atoms with Gasteiger partial charge in [0.2, 0.25) is 0 Å². The second-order valence-corrected chi connectivity index (χ2v) is 6.29. The Morgan fingerprint density at radius 2 is 2.08 bits per heavy atom. The lowest BCUT2D eigenvalue weighted by molar-refractivity contribution is 0.249. The van der Waals surface area contributed by atoms with Crippen LogP contribution in [0.25, 0.3) is 0 Å². The highest BCUT2D eigenvalue weighted by Crippen LogP contribution is 2.34. The monoisotopic (exact) mass is 356 g/mol. The highest BCUT2D eigenvalue weighted by molar-refractivity contribution is 5.91. The number of anilines is 1. The molecule has 0 bridgehead atoms. The molecule has 6 heteroatoms. The summed E-state index contributed by atoms with van der Waals surface area (Å²) in [5.74, 6) is 2.03. The number of rotatable bonds is 6. The van der Waals surface area contributed by atoms with Gasteiger partial charge >= 0.3 is 6.03 Å². The number of carbonyl (C=O) groups is 1. The van der Waals surface area contributed by atoms with Crippen LogP contribution < -0.4 is 24.8 Å². The normalized spacial score (nSPS) is 13.3. The van der Waals surface area contributed by atoms with Gasteiger partial charge in [0.15, 0.2) is 11.5 Å². The van der Waals surface area contributed by atoms with Crippen molar-refractivity contribution in [1.82, 2.24) is 5.32 Å². The third-order valence-electron chi connectivity index (χ3n) is 4.32. The molecule has 6 nitrogen and oxygen atoms in total. The summed E-state index contributed by atoms with van der Waals surface area (Å²) in [7, 11) is 3.10. The first-order chi connectivity index (χ1) is 12.6. The van der Waals surface area contributed by atoms with E-state index < -0.39 is 0 Å². The van der Waals surface area contributed by atoms with Crippen molar-refractivity contribution < 1.29 is 19.0 Å². The molecule has 2 aromatic rings. The summed E-state index contributed by atoms with van der Waals surface area (Å²) in [5, 5.41) is 5.78. The number of ether oxygens (including phenoxy) is 3. The van der Waals surface area contributed by atoms with Crippen molar-refractivity contribution in [1.29, 1.82) is 0 Å². The topological polar surface area (TPSA) is 68.8 Å². The van der Waals surface area contributed by atoms with Crippen molar-refractivity contribution >= 4 is 11.7 Å². The maximum Gasteiger partial charge on any atom is 0.319 e. The number of methoxy groups -OCH3 is 2. The number of carbonyl (C=O) groups excluding carboxylic acids is 1. The molecule has 1 heterocycles. The quantitative estimate of drug-likeness (QED) is 0.832. The average Bonchev–Trinajstić information content (AvgIpc) is 3.08. The average molecular weight is 356 g/mol. The van der Waals surface area contributed by atoms with Gasteiger partial charge in [-0.2, -0.15) is 0 Å². The second kappa shape index (κ2) is 7.99. The van der Waals surface area contributed by atoms with Crippen LogP contribution in [0.3, 0.4) is 0 Å². The Morgan fingerprint density at radius 1 is 1.23 bits per heavy atom. The Hall–Kier alpha value is -2.89. The molecule has 0 saturated carbocycles. The van der Waals surface area contributed by atoms with E-state index in [-0.39, 0.29) is 12.1 Å². The molecule has 26 heavy (non-hydrogen) atoms. The van der Waals surface area contributed by atoms with E-state index in [4.69, 9.17) is 14.2 Å². The van der Waals surface area contributed by atoms with Crippen LogP contribution in [0.4, 0.5) is 10.5 Å². The lowest BCUT2D eigenvalue weighted by Crippen LogP contribution is -2.37. The van der Waals surface area contributed by atoms with Gasteiger partial charge in [0, 0.05) is 12.5 Å². The fourth-order valence-corrected chi connectivity index (χ4v) is 3.14. The maximum atomic E-state index is 12.3. The number of hydrogen-bond acceptors (Lipinski definition) is 4. The van der Waals surface area contributed by atoms with Crippen molar-refractivity contribution in [3.05, 3.63) is 47.5 Å². The first-order valence-corrected chi connectivity index (χ1v) is 8.64. The van der Waals surface area contributed by atoms with Crippen LogP contribution >= 0.6 is 0 Å². The zero-order chi connectivity index (χ0) is 18.5. The van der Waals surface area contributed by atoms with Crippen LogP contribution in [0.1, 0.15) is 18.1 Å². The highest BCUT2D eigenvalue weighted by Gasteiger charge is 2.16. The third kappa shape index (κ3) is 4.02. The smallest absolute Gasteiger partial charge is 0.319 e. The summed E-state index contributed by atoms with van der Waals surface area (Å²) in [5.41, 5.74) is 2.98. The molecule has 0 saturated heterocycles. The first kappa shape index (κ1) is 17.9. The molecule has 0 radical (unpaired) electrons. The molecule has 0 fully saturated rings. The van der Waals surface area contributed by atoms with Crippen molar-refractivity contribution in [3.63, 3.8) is 0 Å². The number of amides is 2. The van der Waals surface area contributed by atoms with E-state index in [1.165, 1.54) is 11.1 Å². The predicted molar refractivity (Wildman–Crippen MR) is 101 cm³/mol. The van der Waals surface area contributed by atoms with E-state index in [0.717, 1.165) is 25.2 Å². The molecule has 1 aliphatic rings. The fraction of sp³-hybridized carbons (Fsp3) is 0.350. The second-order valence-electron chi connectivity index (χ2n) is 6.29. The molecule has 2 aromatic carbocycles. The van der Waals surface area contributed by atoms with Gasteiger partial charge in [0.1, 0.15) is 5.75 Å². The Bertz CT molecular complexity index is 791. The minimum Gasteiger partial charge on any atom is -0.493 e. The number of para-hydroxylation sites is 1. The predicted octanol–water partition coefficient (Wildman–Crippen LogP) is 3.39. The number of urea groups is 1. The van der Waals surface area contributed by atoms with E-state index in [1.807, 2.05) is 19.1 Å². The molecule has 0 aliphatic carbocycles. The van der Waals surface area contributed by atoms with Crippen molar-refractivity contribution in [3.8, 4) is 17.2 Å². The molecule has 1 atom stereocenters. The minimum absolute atomic E-state index is 0.0213. The molecule has 138 valence electrons. The van der Waals surface area contributed by atoms with Crippen molar-refractivity contribution in [2.75, 3.05) is 26.1 Å². The van der Waals surface area contributed by atoms with Gasteiger partial charge < -0.3 is 24.8 Å². The summed E-state index contributed by atoms with van der Waals surface area (Å²) < 4.78 is 16.1. The summed E-state index contributed by atoms with van der Waals surface area (Å²) in [6, 6.07) is 11.3. The first-order valence-electron chi connectivity index (χ1n) is 8.64. The van der Waals surface area contributed by atoms with Gasteiger partial charge in [-0.15, -0.1) is 0 Å². The molecule has 0 aromatic heterocycles. The van der Waals surface area contributed by atoms with Crippen molar-refractivity contribution in [2.45, 2.75) is 25.8 Å². The van der Waals surface area contributed by atoms with E-state index in [2.05, 4.69) is 16.7 Å². The van der Waals surface area contributed by atoms with E-state index in [0.29, 0.717) is 17.2 Å². The summed E-state index contributed by atoms with van der Waals surface area (Å²) in [6.07, 6.45) is 1.69. The van der Waals surface area contributed by atoms with Gasteiger partial charge in [-0.3, -0.25) is 0 Å². The van der Waals surface area contributed by atoms with Crippen LogP contribution in [0, 0.1) is 0 Å². The molecule has 0 spiro atoms.